The van der Waals surface area contributed by atoms with Crippen molar-refractivity contribution < 1.29 is 26.7 Å². The molecule has 0 atom stereocenters. The maximum Gasteiger partial charge on any atom is 0.261 e. The summed E-state index contributed by atoms with van der Waals surface area (Å²) in [6, 6.07) is 11.1. The second-order valence-corrected chi connectivity index (χ2v) is 6.61. The van der Waals surface area contributed by atoms with Gasteiger partial charge in [-0.05, 0) is 36.4 Å². The molecule has 0 radical (unpaired) electrons. The lowest BCUT2D eigenvalue weighted by Gasteiger charge is -2.11. The first-order valence-electron chi connectivity index (χ1n) is 9.28. The molecule has 0 spiro atoms. The first-order valence-corrected chi connectivity index (χ1v) is 9.28. The maximum absolute atomic E-state index is 13.9. The third kappa shape index (κ3) is 4.47. The van der Waals surface area contributed by atoms with Gasteiger partial charge in [0.2, 0.25) is 11.8 Å². The first-order chi connectivity index (χ1) is 15.8. The molecule has 166 valence electrons. The Kier molecular flexibility index (Phi) is 5.94. The van der Waals surface area contributed by atoms with E-state index in [4.69, 9.17) is 0 Å². The Hall–Kier alpha value is -4.41. The summed E-state index contributed by atoms with van der Waals surface area (Å²) in [6.45, 7) is 0. The van der Waals surface area contributed by atoms with Gasteiger partial charge in [0.15, 0.2) is 23.3 Å². The molecule has 0 aliphatic heterocycles. The van der Waals surface area contributed by atoms with Gasteiger partial charge in [-0.2, -0.15) is 0 Å². The summed E-state index contributed by atoms with van der Waals surface area (Å²) in [5, 5.41) is 5.02. The van der Waals surface area contributed by atoms with E-state index in [1.165, 1.54) is 24.4 Å². The molecule has 0 saturated heterocycles. The Morgan fingerprint density at radius 1 is 0.788 bits per heavy atom. The van der Waals surface area contributed by atoms with Gasteiger partial charge in [-0.25, -0.2) is 31.9 Å². The monoisotopic (exact) mass is 457 g/mol. The van der Waals surface area contributed by atoms with Crippen molar-refractivity contribution >= 4 is 23.2 Å². The number of benzene rings is 2. The van der Waals surface area contributed by atoms with Gasteiger partial charge >= 0.3 is 0 Å². The lowest BCUT2D eigenvalue weighted by atomic mass is 10.1. The molecule has 1 amide bonds. The minimum Gasteiger partial charge on any atom is -0.324 e. The van der Waals surface area contributed by atoms with Crippen molar-refractivity contribution in [2.45, 2.75) is 0 Å². The smallest absolute Gasteiger partial charge is 0.261 e. The minimum atomic E-state index is -2.35. The van der Waals surface area contributed by atoms with Crippen LogP contribution in [-0.2, 0) is 0 Å². The number of nitrogens with zero attached hydrogens (tertiary/aromatic N) is 3. The van der Waals surface area contributed by atoms with Crippen molar-refractivity contribution in [1.29, 1.82) is 0 Å². The van der Waals surface area contributed by atoms with Crippen LogP contribution in [0.25, 0.3) is 11.3 Å². The highest BCUT2D eigenvalue weighted by Crippen LogP contribution is 2.25. The van der Waals surface area contributed by atoms with Crippen LogP contribution in [0.3, 0.4) is 0 Å². The Morgan fingerprint density at radius 2 is 1.48 bits per heavy atom. The summed E-state index contributed by atoms with van der Waals surface area (Å²) in [4.78, 5) is 24.7. The third-order valence-corrected chi connectivity index (χ3v) is 4.43. The molecular formula is C22H12F5N5O. The molecule has 0 aliphatic rings. The molecule has 33 heavy (non-hydrogen) atoms. The predicted octanol–water partition coefficient (Wildman–Crippen LogP) is 5.23. The number of halogens is 5. The van der Waals surface area contributed by atoms with Crippen molar-refractivity contribution in [3.05, 3.63) is 95.7 Å². The molecule has 0 aliphatic carbocycles. The van der Waals surface area contributed by atoms with Gasteiger partial charge in [0, 0.05) is 35.5 Å². The van der Waals surface area contributed by atoms with Gasteiger partial charge in [0.1, 0.15) is 5.56 Å². The highest BCUT2D eigenvalue weighted by molar-refractivity contribution is 6.05. The standard InChI is InChI=1S/C22H12F5N5O/c23-16-15(17(24)19(26)20(27)18(16)25)21(33)30-12-4-1-5-13(9-12)31-22-29-8-6-14(32-22)11-3-2-7-28-10-11/h1-10H,(H,30,33)(H,29,31,32). The highest BCUT2D eigenvalue weighted by Gasteiger charge is 2.29. The number of pyridine rings is 1. The predicted molar refractivity (Wildman–Crippen MR) is 109 cm³/mol. The van der Waals surface area contributed by atoms with Crippen molar-refractivity contribution in [3.8, 4) is 11.3 Å². The van der Waals surface area contributed by atoms with Crippen molar-refractivity contribution in [2.24, 2.45) is 0 Å². The van der Waals surface area contributed by atoms with E-state index in [2.05, 4.69) is 25.6 Å². The number of nitrogens with one attached hydrogen (secondary N) is 2. The topological polar surface area (TPSA) is 79.8 Å². The van der Waals surface area contributed by atoms with E-state index < -0.39 is 40.6 Å². The number of carbonyl (C=O) groups is 1. The van der Waals surface area contributed by atoms with Crippen LogP contribution in [0.4, 0.5) is 39.3 Å². The fraction of sp³-hybridized carbons (Fsp3) is 0. The van der Waals surface area contributed by atoms with Gasteiger partial charge in [0.05, 0.1) is 5.69 Å². The summed E-state index contributed by atoms with van der Waals surface area (Å²) in [7, 11) is 0. The van der Waals surface area contributed by atoms with Crippen LogP contribution in [0.1, 0.15) is 10.4 Å². The maximum atomic E-state index is 13.9. The van der Waals surface area contributed by atoms with E-state index in [9.17, 15) is 26.7 Å². The zero-order valence-corrected chi connectivity index (χ0v) is 16.4. The van der Waals surface area contributed by atoms with E-state index >= 15 is 0 Å². The van der Waals surface area contributed by atoms with E-state index in [0.717, 1.165) is 5.56 Å². The van der Waals surface area contributed by atoms with Gasteiger partial charge in [0.25, 0.3) is 5.91 Å². The van der Waals surface area contributed by atoms with E-state index in [1.807, 2.05) is 6.07 Å². The van der Waals surface area contributed by atoms with Crippen LogP contribution in [0.5, 0.6) is 0 Å². The van der Waals surface area contributed by atoms with Crippen LogP contribution in [0, 0.1) is 29.1 Å². The Bertz CT molecular complexity index is 1320. The molecule has 2 aromatic heterocycles. The molecule has 0 fully saturated rings. The number of carbonyl (C=O) groups excluding carboxylic acids is 1. The number of hydrogen-bond acceptors (Lipinski definition) is 5. The van der Waals surface area contributed by atoms with Crippen LogP contribution in [-0.4, -0.2) is 20.9 Å². The summed E-state index contributed by atoms with van der Waals surface area (Å²) in [5.41, 5.74) is 0.173. The molecular weight excluding hydrogens is 445 g/mol. The Labute approximate surface area is 183 Å². The van der Waals surface area contributed by atoms with Crippen LogP contribution in [0.15, 0.2) is 61.1 Å². The van der Waals surface area contributed by atoms with Crippen molar-refractivity contribution in [3.63, 3.8) is 0 Å². The number of anilines is 3. The summed E-state index contributed by atoms with van der Waals surface area (Å²) >= 11 is 0. The van der Waals surface area contributed by atoms with Gasteiger partial charge < -0.3 is 10.6 Å². The lowest BCUT2D eigenvalue weighted by molar-refractivity contribution is 0.101. The highest BCUT2D eigenvalue weighted by atomic mass is 19.2. The van der Waals surface area contributed by atoms with Crippen molar-refractivity contribution in [1.82, 2.24) is 15.0 Å². The average Bonchev–Trinajstić information content (AvgIpc) is 2.82. The second kappa shape index (κ2) is 8.99. The summed E-state index contributed by atoms with van der Waals surface area (Å²) in [6.07, 6.45) is 4.77. The van der Waals surface area contributed by atoms with Gasteiger partial charge in [-0.3, -0.25) is 9.78 Å². The number of rotatable bonds is 5. The summed E-state index contributed by atoms with van der Waals surface area (Å²) in [5.74, 6) is -12.5. The van der Waals surface area contributed by atoms with Crippen LogP contribution in [0.2, 0.25) is 0 Å². The summed E-state index contributed by atoms with van der Waals surface area (Å²) < 4.78 is 67.8. The molecule has 11 heteroatoms. The van der Waals surface area contributed by atoms with Gasteiger partial charge in [-0.15, -0.1) is 0 Å². The molecule has 0 saturated carbocycles. The normalized spacial score (nSPS) is 10.7. The minimum absolute atomic E-state index is 0.0253. The average molecular weight is 457 g/mol. The second-order valence-electron chi connectivity index (χ2n) is 6.61. The number of hydrogen-bond donors (Lipinski definition) is 2. The SMILES string of the molecule is O=C(Nc1cccc(Nc2nccc(-c3cccnc3)n2)c1)c1c(F)c(F)c(F)c(F)c1F. The molecule has 2 heterocycles. The fourth-order valence-electron chi connectivity index (χ4n) is 2.90. The van der Waals surface area contributed by atoms with E-state index in [0.29, 0.717) is 11.4 Å². The van der Waals surface area contributed by atoms with Crippen LogP contribution < -0.4 is 10.6 Å². The molecule has 2 aromatic carbocycles. The van der Waals surface area contributed by atoms with Gasteiger partial charge in [-0.1, -0.05) is 6.07 Å². The number of amides is 1. The zero-order chi connectivity index (χ0) is 23.5. The quantitative estimate of drug-likeness (QED) is 0.244. The Balaban J connectivity index is 1.56. The molecule has 2 N–H and O–H groups in total. The molecule has 0 bridgehead atoms. The lowest BCUT2D eigenvalue weighted by Crippen LogP contribution is -2.19. The van der Waals surface area contributed by atoms with Crippen molar-refractivity contribution in [2.75, 3.05) is 10.6 Å². The van der Waals surface area contributed by atoms with Crippen LogP contribution >= 0.6 is 0 Å². The molecule has 4 rings (SSSR count). The van der Waals surface area contributed by atoms with E-state index in [-0.39, 0.29) is 11.6 Å². The Morgan fingerprint density at radius 3 is 2.18 bits per heavy atom. The first kappa shape index (κ1) is 21.8. The molecule has 6 nitrogen and oxygen atoms in total. The molecule has 4 aromatic rings. The zero-order valence-electron chi connectivity index (χ0n) is 16.4. The third-order valence-electron chi connectivity index (χ3n) is 4.43. The number of aromatic nitrogens is 3. The largest absolute Gasteiger partial charge is 0.324 e. The fourth-order valence-corrected chi connectivity index (χ4v) is 2.90. The molecule has 0 unspecified atom stereocenters. The van der Waals surface area contributed by atoms with E-state index in [1.54, 1.807) is 30.6 Å².